The molecule has 3 rings (SSSR count). The van der Waals surface area contributed by atoms with E-state index in [-0.39, 0.29) is 24.6 Å². The molecule has 0 aromatic heterocycles. The average molecular weight is 351 g/mol. The Kier molecular flexibility index (Phi) is 4.23. The third kappa shape index (κ3) is 2.97. The van der Waals surface area contributed by atoms with Crippen LogP contribution in [0.1, 0.15) is 16.8 Å². The molecule has 1 atom stereocenters. The number of rotatable bonds is 4. The average Bonchev–Trinajstić information content (AvgIpc) is 3.20. The summed E-state index contributed by atoms with van der Waals surface area (Å²) in [5.41, 5.74) is -1.74. The van der Waals surface area contributed by atoms with E-state index in [4.69, 9.17) is 9.84 Å². The molecule has 2 aliphatic heterocycles. The minimum Gasteiger partial charge on any atom is -0.495 e. The highest BCUT2D eigenvalue weighted by atomic mass is 19.1. The first-order chi connectivity index (χ1) is 11.9. The Morgan fingerprint density at radius 3 is 2.68 bits per heavy atom. The molecule has 1 unspecified atom stereocenters. The van der Waals surface area contributed by atoms with Crippen LogP contribution in [0.3, 0.4) is 0 Å². The van der Waals surface area contributed by atoms with Crippen molar-refractivity contribution in [3.63, 3.8) is 0 Å². The molecule has 0 bridgehead atoms. The van der Waals surface area contributed by atoms with Gasteiger partial charge in [-0.15, -0.1) is 0 Å². The number of benzene rings is 1. The molecule has 0 saturated carbocycles. The Hall–Kier alpha value is -2.84. The number of carbonyl (C=O) groups is 3. The summed E-state index contributed by atoms with van der Waals surface area (Å²) < 4.78 is 19.4. The molecule has 1 aromatic carbocycles. The normalized spacial score (nSPS) is 22.9. The van der Waals surface area contributed by atoms with Crippen molar-refractivity contribution in [2.24, 2.45) is 0 Å². The number of urea groups is 1. The molecule has 2 aliphatic rings. The number of amides is 3. The number of nitrogens with one attached hydrogen (secondary N) is 1. The van der Waals surface area contributed by atoms with Gasteiger partial charge in [0.1, 0.15) is 5.75 Å². The number of anilines is 1. The van der Waals surface area contributed by atoms with Gasteiger partial charge in [-0.1, -0.05) is 0 Å². The van der Waals surface area contributed by atoms with Crippen LogP contribution in [0.2, 0.25) is 0 Å². The van der Waals surface area contributed by atoms with Crippen LogP contribution in [0.5, 0.6) is 5.75 Å². The van der Waals surface area contributed by atoms with Gasteiger partial charge in [0.05, 0.1) is 19.3 Å². The molecule has 2 N–H and O–H groups in total. The maximum absolute atomic E-state index is 14.2. The van der Waals surface area contributed by atoms with Gasteiger partial charge >= 0.3 is 12.0 Å². The lowest BCUT2D eigenvalue weighted by atomic mass is 10.1. The minimum absolute atomic E-state index is 0.0210. The monoisotopic (exact) mass is 351 g/mol. The lowest BCUT2D eigenvalue weighted by Crippen LogP contribution is -2.39. The second-order valence-corrected chi connectivity index (χ2v) is 6.02. The van der Waals surface area contributed by atoms with E-state index < -0.39 is 24.1 Å². The first-order valence-corrected chi connectivity index (χ1v) is 7.81. The van der Waals surface area contributed by atoms with E-state index in [1.54, 1.807) is 6.07 Å². The van der Waals surface area contributed by atoms with Crippen molar-refractivity contribution in [2.45, 2.75) is 12.1 Å². The van der Waals surface area contributed by atoms with Gasteiger partial charge in [0.2, 0.25) is 5.67 Å². The first-order valence-electron chi connectivity index (χ1n) is 7.81. The second kappa shape index (κ2) is 6.23. The highest BCUT2D eigenvalue weighted by molar-refractivity contribution is 6.00. The molecule has 2 fully saturated rings. The summed E-state index contributed by atoms with van der Waals surface area (Å²) in [6, 6.07) is 4.28. The summed E-state index contributed by atoms with van der Waals surface area (Å²) in [5, 5.41) is 11.6. The molecular weight excluding hydrogens is 333 g/mol. The summed E-state index contributed by atoms with van der Waals surface area (Å²) >= 11 is 0. The van der Waals surface area contributed by atoms with E-state index in [0.29, 0.717) is 24.5 Å². The van der Waals surface area contributed by atoms with Crippen LogP contribution in [-0.4, -0.2) is 66.9 Å². The molecule has 9 heteroatoms. The predicted octanol–water partition coefficient (Wildman–Crippen LogP) is 0.864. The highest BCUT2D eigenvalue weighted by Gasteiger charge is 2.47. The zero-order valence-electron chi connectivity index (χ0n) is 13.6. The van der Waals surface area contributed by atoms with Crippen molar-refractivity contribution >= 4 is 23.6 Å². The van der Waals surface area contributed by atoms with E-state index in [9.17, 15) is 18.8 Å². The van der Waals surface area contributed by atoms with Gasteiger partial charge in [0.15, 0.2) is 0 Å². The largest absolute Gasteiger partial charge is 0.495 e. The highest BCUT2D eigenvalue weighted by Crippen LogP contribution is 2.32. The molecule has 0 aliphatic carbocycles. The number of nitrogens with zero attached hydrogens (tertiary/aromatic N) is 2. The lowest BCUT2D eigenvalue weighted by molar-refractivity contribution is -0.149. The van der Waals surface area contributed by atoms with Crippen LogP contribution < -0.4 is 15.0 Å². The summed E-state index contributed by atoms with van der Waals surface area (Å²) in [5.74, 6) is -1.61. The molecule has 0 radical (unpaired) electrons. The van der Waals surface area contributed by atoms with Crippen molar-refractivity contribution in [1.82, 2.24) is 10.2 Å². The molecule has 0 spiro atoms. The van der Waals surface area contributed by atoms with E-state index >= 15 is 0 Å². The van der Waals surface area contributed by atoms with Gasteiger partial charge in [0.25, 0.3) is 5.91 Å². The number of alkyl halides is 1. The van der Waals surface area contributed by atoms with Gasteiger partial charge in [-0.25, -0.2) is 14.0 Å². The Labute approximate surface area is 143 Å². The summed E-state index contributed by atoms with van der Waals surface area (Å²) in [4.78, 5) is 38.1. The zero-order valence-corrected chi connectivity index (χ0v) is 13.6. The Bertz CT molecular complexity index is 740. The maximum Gasteiger partial charge on any atom is 0.343 e. The van der Waals surface area contributed by atoms with E-state index in [1.165, 1.54) is 29.0 Å². The van der Waals surface area contributed by atoms with Crippen LogP contribution in [0.15, 0.2) is 18.2 Å². The van der Waals surface area contributed by atoms with E-state index in [0.717, 1.165) is 0 Å². The predicted molar refractivity (Wildman–Crippen MR) is 85.7 cm³/mol. The smallest absolute Gasteiger partial charge is 0.343 e. The number of carbonyl (C=O) groups excluding carboxylic acids is 2. The molecule has 1 aromatic rings. The molecule has 3 amide bonds. The van der Waals surface area contributed by atoms with Gasteiger partial charge in [-0.05, 0) is 18.2 Å². The van der Waals surface area contributed by atoms with Gasteiger partial charge < -0.3 is 20.1 Å². The summed E-state index contributed by atoms with van der Waals surface area (Å²) in [6.45, 7) is 0.443. The number of methoxy groups -OCH3 is 1. The van der Waals surface area contributed by atoms with Gasteiger partial charge in [0, 0.05) is 31.6 Å². The quantitative estimate of drug-likeness (QED) is 0.838. The number of likely N-dealkylation sites (tertiary alicyclic amines) is 1. The van der Waals surface area contributed by atoms with Crippen molar-refractivity contribution < 1.29 is 28.6 Å². The molecule has 8 nitrogen and oxygen atoms in total. The van der Waals surface area contributed by atoms with E-state index in [1.807, 2.05) is 0 Å². The Balaban J connectivity index is 1.87. The number of hydrogen-bond donors (Lipinski definition) is 2. The number of ether oxygens (including phenoxy) is 1. The molecule has 2 heterocycles. The van der Waals surface area contributed by atoms with Crippen molar-refractivity contribution in [3.05, 3.63) is 23.8 Å². The SMILES string of the molecule is COc1ccc(C(=O)N2CCC(F)(C(=O)O)C2)cc1N1CCNC1=O. The van der Waals surface area contributed by atoms with Gasteiger partial charge in [-0.2, -0.15) is 0 Å². The minimum atomic E-state index is -2.42. The van der Waals surface area contributed by atoms with Crippen molar-refractivity contribution in [3.8, 4) is 5.75 Å². The van der Waals surface area contributed by atoms with Crippen LogP contribution in [0.4, 0.5) is 14.9 Å². The van der Waals surface area contributed by atoms with Crippen LogP contribution >= 0.6 is 0 Å². The topological polar surface area (TPSA) is 99.2 Å². The number of carboxylic acid groups (broad SMARTS) is 1. The number of aliphatic carboxylic acids is 1. The van der Waals surface area contributed by atoms with Crippen LogP contribution in [0, 0.1) is 0 Å². The number of carboxylic acids is 1. The number of halogens is 1. The van der Waals surface area contributed by atoms with E-state index in [2.05, 4.69) is 5.32 Å². The third-order valence-electron chi connectivity index (χ3n) is 4.46. The van der Waals surface area contributed by atoms with Gasteiger partial charge in [-0.3, -0.25) is 9.69 Å². The molecular formula is C16H18FN3O5. The fourth-order valence-electron chi connectivity index (χ4n) is 3.04. The molecule has 2 saturated heterocycles. The van der Waals surface area contributed by atoms with Crippen molar-refractivity contribution in [1.29, 1.82) is 0 Å². The fourth-order valence-corrected chi connectivity index (χ4v) is 3.04. The Morgan fingerprint density at radius 2 is 2.12 bits per heavy atom. The second-order valence-electron chi connectivity index (χ2n) is 6.02. The zero-order chi connectivity index (χ0) is 18.2. The first kappa shape index (κ1) is 17.0. The Morgan fingerprint density at radius 1 is 1.36 bits per heavy atom. The molecule has 134 valence electrons. The lowest BCUT2D eigenvalue weighted by Gasteiger charge is -2.21. The van der Waals surface area contributed by atoms with Crippen LogP contribution in [-0.2, 0) is 4.79 Å². The van der Waals surface area contributed by atoms with Crippen molar-refractivity contribution in [2.75, 3.05) is 38.2 Å². The summed E-state index contributed by atoms with van der Waals surface area (Å²) in [6.07, 6.45) is -0.244. The standard InChI is InChI=1S/C16H18FN3O5/c1-25-12-3-2-10(8-11(12)20-7-5-18-15(20)24)13(21)19-6-4-16(17,9-19)14(22)23/h2-3,8H,4-7,9H2,1H3,(H,18,24)(H,22,23). The number of hydrogen-bond acceptors (Lipinski definition) is 4. The van der Waals surface area contributed by atoms with Crippen LogP contribution in [0.25, 0.3) is 0 Å². The fraction of sp³-hybridized carbons (Fsp3) is 0.438. The molecule has 25 heavy (non-hydrogen) atoms. The summed E-state index contributed by atoms with van der Waals surface area (Å²) in [7, 11) is 1.46. The maximum atomic E-state index is 14.2. The third-order valence-corrected chi connectivity index (χ3v) is 4.46.